The lowest BCUT2D eigenvalue weighted by Gasteiger charge is -2.36. The van der Waals surface area contributed by atoms with Gasteiger partial charge in [-0.1, -0.05) is 24.3 Å². The number of anilines is 2. The van der Waals surface area contributed by atoms with Gasteiger partial charge in [-0.25, -0.2) is 5.43 Å². The third kappa shape index (κ3) is 7.00. The number of nitro benzene ring substituents is 1. The summed E-state index contributed by atoms with van der Waals surface area (Å²) < 4.78 is 10.9. The Balaban J connectivity index is 1.16. The van der Waals surface area contributed by atoms with Crippen LogP contribution in [0.1, 0.15) is 21.5 Å². The van der Waals surface area contributed by atoms with Gasteiger partial charge in [-0.05, 0) is 35.9 Å². The molecule has 3 aromatic carbocycles. The number of methoxy groups -OCH3 is 1. The number of carbonyl (C=O) groups excluding carboxylic acids is 1. The van der Waals surface area contributed by atoms with Crippen molar-refractivity contribution in [3.05, 3.63) is 93.5 Å². The van der Waals surface area contributed by atoms with E-state index in [-0.39, 0.29) is 11.6 Å². The number of nitrogens with one attached hydrogen (secondary N) is 1. The Bertz CT molecular complexity index is 1380. The molecule has 0 unspecified atom stereocenters. The molecule has 11 heteroatoms. The number of morpholine rings is 1. The largest absolute Gasteiger partial charge is 0.495 e. The van der Waals surface area contributed by atoms with Gasteiger partial charge in [0.1, 0.15) is 5.75 Å². The zero-order valence-electron chi connectivity index (χ0n) is 23.1. The van der Waals surface area contributed by atoms with Crippen LogP contribution in [0.3, 0.4) is 0 Å². The first-order valence-electron chi connectivity index (χ1n) is 13.7. The zero-order chi connectivity index (χ0) is 28.6. The van der Waals surface area contributed by atoms with Crippen LogP contribution in [0, 0.1) is 10.1 Å². The number of hydrogen-bond acceptors (Lipinski definition) is 9. The highest BCUT2D eigenvalue weighted by Gasteiger charge is 2.20. The van der Waals surface area contributed by atoms with Crippen molar-refractivity contribution < 1.29 is 19.2 Å². The van der Waals surface area contributed by atoms with Crippen molar-refractivity contribution in [3.63, 3.8) is 0 Å². The predicted molar refractivity (Wildman–Crippen MR) is 158 cm³/mol. The average Bonchev–Trinajstić information content (AvgIpc) is 3.02. The van der Waals surface area contributed by atoms with Crippen LogP contribution in [0.15, 0.2) is 71.8 Å². The monoisotopic (exact) mass is 558 g/mol. The van der Waals surface area contributed by atoms with E-state index in [2.05, 4.69) is 31.3 Å². The number of rotatable bonds is 9. The minimum absolute atomic E-state index is 0.0356. The molecular weight excluding hydrogens is 524 g/mol. The molecule has 0 spiro atoms. The summed E-state index contributed by atoms with van der Waals surface area (Å²) in [5.41, 5.74) is 6.61. The van der Waals surface area contributed by atoms with Crippen molar-refractivity contribution in [3.8, 4) is 5.75 Å². The maximum atomic E-state index is 12.7. The number of para-hydroxylation sites is 2. The van der Waals surface area contributed by atoms with Crippen molar-refractivity contribution >= 4 is 29.2 Å². The second-order valence-corrected chi connectivity index (χ2v) is 9.93. The molecule has 2 heterocycles. The smallest absolute Gasteiger partial charge is 0.271 e. The molecule has 5 rings (SSSR count). The molecule has 3 aromatic rings. The number of hydrazone groups is 1. The van der Waals surface area contributed by atoms with Crippen molar-refractivity contribution in [1.82, 2.24) is 10.3 Å². The van der Waals surface area contributed by atoms with Crippen molar-refractivity contribution in [2.75, 3.05) is 69.4 Å². The normalized spacial score (nSPS) is 16.1. The van der Waals surface area contributed by atoms with Gasteiger partial charge < -0.3 is 19.3 Å². The molecule has 0 atom stereocenters. The second-order valence-electron chi connectivity index (χ2n) is 9.93. The quantitative estimate of drug-likeness (QED) is 0.241. The van der Waals surface area contributed by atoms with Gasteiger partial charge >= 0.3 is 0 Å². The Labute approximate surface area is 239 Å². The van der Waals surface area contributed by atoms with Gasteiger partial charge in [0.15, 0.2) is 0 Å². The summed E-state index contributed by atoms with van der Waals surface area (Å²) in [6, 6.07) is 20.2. The van der Waals surface area contributed by atoms with Gasteiger partial charge in [0, 0.05) is 74.8 Å². The Hall–Kier alpha value is -4.48. The fourth-order valence-electron chi connectivity index (χ4n) is 5.13. The molecule has 2 aliphatic heterocycles. The highest BCUT2D eigenvalue weighted by atomic mass is 16.6. The van der Waals surface area contributed by atoms with Crippen LogP contribution < -0.4 is 20.0 Å². The van der Waals surface area contributed by atoms with E-state index in [1.54, 1.807) is 25.3 Å². The van der Waals surface area contributed by atoms with E-state index < -0.39 is 4.92 Å². The number of non-ortho nitro benzene ring substituents is 1. The molecule has 0 bridgehead atoms. The molecule has 0 aromatic heterocycles. The molecule has 2 aliphatic rings. The van der Waals surface area contributed by atoms with Crippen LogP contribution in [-0.2, 0) is 11.3 Å². The molecule has 11 nitrogen and oxygen atoms in total. The van der Waals surface area contributed by atoms with E-state index in [9.17, 15) is 14.9 Å². The van der Waals surface area contributed by atoms with Crippen LogP contribution in [0.2, 0.25) is 0 Å². The summed E-state index contributed by atoms with van der Waals surface area (Å²) in [7, 11) is 1.70. The molecule has 0 radical (unpaired) electrons. The number of nitro groups is 1. The topological polar surface area (TPSA) is 113 Å². The van der Waals surface area contributed by atoms with E-state index in [4.69, 9.17) is 9.47 Å². The summed E-state index contributed by atoms with van der Waals surface area (Å²) >= 11 is 0. The Kier molecular flexibility index (Phi) is 9.07. The molecular formula is C30H34N6O5. The number of benzene rings is 3. The summed E-state index contributed by atoms with van der Waals surface area (Å²) in [6.07, 6.45) is 1.45. The summed E-state index contributed by atoms with van der Waals surface area (Å²) in [4.78, 5) is 30.4. The minimum Gasteiger partial charge on any atom is -0.495 e. The number of nitrogens with zero attached hydrogens (tertiary/aromatic N) is 5. The average molecular weight is 559 g/mol. The van der Waals surface area contributed by atoms with E-state index in [0.29, 0.717) is 37.4 Å². The van der Waals surface area contributed by atoms with Crippen LogP contribution in [-0.4, -0.2) is 81.5 Å². The van der Waals surface area contributed by atoms with Gasteiger partial charge in [0.25, 0.3) is 11.6 Å². The first kappa shape index (κ1) is 28.1. The Morgan fingerprint density at radius 3 is 2.39 bits per heavy atom. The molecule has 1 amide bonds. The summed E-state index contributed by atoms with van der Waals surface area (Å²) in [5.74, 6) is 0.540. The van der Waals surface area contributed by atoms with Gasteiger partial charge in [0.2, 0.25) is 0 Å². The number of ether oxygens (including phenoxy) is 2. The van der Waals surface area contributed by atoms with E-state index >= 15 is 0 Å². The number of hydrogen-bond donors (Lipinski definition) is 1. The number of piperazine rings is 1. The van der Waals surface area contributed by atoms with Gasteiger partial charge in [-0.2, -0.15) is 5.10 Å². The fraction of sp³-hybridized carbons (Fsp3) is 0.333. The Morgan fingerprint density at radius 2 is 1.68 bits per heavy atom. The zero-order valence-corrected chi connectivity index (χ0v) is 23.1. The van der Waals surface area contributed by atoms with E-state index in [1.807, 2.05) is 30.3 Å². The number of amides is 1. The molecule has 2 fully saturated rings. The van der Waals surface area contributed by atoms with Crippen LogP contribution in [0.4, 0.5) is 17.1 Å². The third-order valence-corrected chi connectivity index (χ3v) is 7.36. The van der Waals surface area contributed by atoms with Crippen molar-refractivity contribution in [2.24, 2.45) is 5.10 Å². The first-order chi connectivity index (χ1) is 20.0. The molecule has 0 saturated carbocycles. The van der Waals surface area contributed by atoms with Gasteiger partial charge in [-0.3, -0.25) is 19.8 Å². The van der Waals surface area contributed by atoms with Crippen molar-refractivity contribution in [2.45, 2.75) is 6.54 Å². The first-order valence-corrected chi connectivity index (χ1v) is 13.7. The number of carbonyl (C=O) groups is 1. The van der Waals surface area contributed by atoms with E-state index in [1.165, 1.54) is 18.3 Å². The molecule has 0 aliphatic carbocycles. The van der Waals surface area contributed by atoms with Gasteiger partial charge in [0.05, 0.1) is 37.1 Å². The van der Waals surface area contributed by atoms with Crippen LogP contribution >= 0.6 is 0 Å². The lowest BCUT2D eigenvalue weighted by molar-refractivity contribution is -0.384. The maximum Gasteiger partial charge on any atom is 0.271 e. The van der Waals surface area contributed by atoms with Crippen molar-refractivity contribution in [1.29, 1.82) is 0 Å². The standard InChI is InChI=1S/C30H34N6O5/c1-40-29-5-3-2-4-28(29)34-14-12-33(13-15-34)22-23-6-8-24(9-7-23)30(37)32-31-21-25-20-26(36(38)39)10-11-27(25)35-16-18-41-19-17-35/h2-11,20-21H,12-19,22H2,1H3,(H,32,37)/b31-21-. The summed E-state index contributed by atoms with van der Waals surface area (Å²) in [5, 5.41) is 15.4. The fourth-order valence-corrected chi connectivity index (χ4v) is 5.13. The Morgan fingerprint density at radius 1 is 0.976 bits per heavy atom. The lowest BCUT2D eigenvalue weighted by Crippen LogP contribution is -2.46. The van der Waals surface area contributed by atoms with Crippen LogP contribution in [0.5, 0.6) is 5.75 Å². The van der Waals surface area contributed by atoms with Gasteiger partial charge in [-0.15, -0.1) is 0 Å². The molecule has 2 saturated heterocycles. The second kappa shape index (κ2) is 13.2. The molecule has 1 N–H and O–H groups in total. The third-order valence-electron chi connectivity index (χ3n) is 7.36. The van der Waals surface area contributed by atoms with E-state index in [0.717, 1.165) is 55.4 Å². The highest BCUT2D eigenvalue weighted by Crippen LogP contribution is 2.29. The van der Waals surface area contributed by atoms with Crippen LogP contribution in [0.25, 0.3) is 0 Å². The predicted octanol–water partition coefficient (Wildman–Crippen LogP) is 3.53. The molecule has 41 heavy (non-hydrogen) atoms. The SMILES string of the molecule is COc1ccccc1N1CCN(Cc2ccc(C(=O)N/N=C\c3cc([N+](=O)[O-])ccc3N3CCOCC3)cc2)CC1. The molecule has 214 valence electrons. The summed E-state index contributed by atoms with van der Waals surface area (Å²) in [6.45, 7) is 7.00. The minimum atomic E-state index is -0.444. The lowest BCUT2D eigenvalue weighted by atomic mass is 10.1. The highest BCUT2D eigenvalue weighted by molar-refractivity contribution is 5.95. The maximum absolute atomic E-state index is 12.7.